The Morgan fingerprint density at radius 2 is 1.33 bits per heavy atom. The first-order valence-electron chi connectivity index (χ1n) is 6.65. The monoisotopic (exact) mass is 528 g/mol. The zero-order valence-corrected chi connectivity index (χ0v) is 19.0. The molecule has 0 fully saturated rings. The van der Waals surface area contributed by atoms with Crippen molar-refractivity contribution >= 4 is 55.6 Å². The number of hydrogen-bond acceptors (Lipinski definition) is 11. The summed E-state index contributed by atoms with van der Waals surface area (Å²) in [5.74, 6) is 5.21. The molecular formula is C11H17BrN2O9S4. The van der Waals surface area contributed by atoms with Crippen molar-refractivity contribution in [2.75, 3.05) is 18.8 Å². The highest BCUT2D eigenvalue weighted by molar-refractivity contribution is 9.10. The molecule has 1 aromatic rings. The van der Waals surface area contributed by atoms with Gasteiger partial charge in [0.05, 0.1) is 11.2 Å². The molecule has 0 aromatic heterocycles. The maximum absolute atomic E-state index is 13.1. The van der Waals surface area contributed by atoms with Crippen LogP contribution in [0.5, 0.6) is 0 Å². The minimum atomic E-state index is -5.14. The summed E-state index contributed by atoms with van der Waals surface area (Å²) in [6.45, 7) is 0. The van der Waals surface area contributed by atoms with E-state index < -0.39 is 54.2 Å². The third-order valence-electron chi connectivity index (χ3n) is 3.09. The second-order valence-corrected chi connectivity index (χ2v) is 14.7. The molecule has 0 radical (unpaired) electrons. The zero-order chi connectivity index (χ0) is 21.5. The topological polar surface area (TPSA) is 184 Å². The number of halogens is 1. The maximum atomic E-state index is 13.1. The van der Waals surface area contributed by atoms with Crippen molar-refractivity contribution in [2.24, 2.45) is 5.84 Å². The molecule has 1 unspecified atom stereocenters. The Kier molecular flexibility index (Phi) is 6.93. The number of rotatable bonds is 8. The average Bonchev–Trinajstić information content (AvgIpc) is 2.42. The number of nitrogens with two attached hydrogens (primary N) is 1. The van der Waals surface area contributed by atoms with Gasteiger partial charge in [-0.25, -0.2) is 34.9 Å². The highest BCUT2D eigenvalue weighted by Gasteiger charge is 2.63. The van der Waals surface area contributed by atoms with E-state index in [0.29, 0.717) is 23.2 Å². The molecule has 1 rings (SSSR count). The van der Waals surface area contributed by atoms with Gasteiger partial charge in [-0.3, -0.25) is 5.84 Å². The number of benzene rings is 1. The van der Waals surface area contributed by atoms with E-state index in [9.17, 15) is 33.7 Å². The zero-order valence-electron chi connectivity index (χ0n) is 14.1. The minimum Gasteiger partial charge on any atom is -0.268 e. The van der Waals surface area contributed by atoms with Gasteiger partial charge in [0.1, 0.15) is 0 Å². The molecule has 0 bridgehead atoms. The Morgan fingerprint density at radius 3 is 1.63 bits per heavy atom. The first-order valence-corrected chi connectivity index (χ1v) is 14.6. The summed E-state index contributed by atoms with van der Waals surface area (Å²) < 4.78 is 100. The Hall–Kier alpha value is -0.620. The Bertz CT molecular complexity index is 1090. The molecule has 0 heterocycles. The van der Waals surface area contributed by atoms with Crippen LogP contribution < -0.4 is 11.3 Å². The Labute approximate surface area is 166 Å². The average molecular weight is 529 g/mol. The summed E-state index contributed by atoms with van der Waals surface area (Å²) in [6, 6.07) is 4.48. The van der Waals surface area contributed by atoms with Crippen molar-refractivity contribution in [1.82, 2.24) is 5.43 Å². The fraction of sp³-hybridized carbons (Fsp3) is 0.455. The van der Waals surface area contributed by atoms with Gasteiger partial charge >= 0.3 is 0 Å². The van der Waals surface area contributed by atoms with Crippen LogP contribution in [0.25, 0.3) is 0 Å². The molecule has 0 aliphatic rings. The van der Waals surface area contributed by atoms with Gasteiger partial charge in [0.2, 0.25) is 14.4 Å². The van der Waals surface area contributed by atoms with Crippen molar-refractivity contribution in [3.05, 3.63) is 28.7 Å². The molecule has 0 amide bonds. The Morgan fingerprint density at radius 1 is 0.926 bits per heavy atom. The number of sulfone groups is 3. The number of hydrogen-bond donors (Lipinski definition) is 2. The lowest BCUT2D eigenvalue weighted by atomic mass is 10.4. The lowest BCUT2D eigenvalue weighted by molar-refractivity contribution is 0.137. The highest BCUT2D eigenvalue weighted by atomic mass is 79.9. The lowest BCUT2D eigenvalue weighted by Crippen LogP contribution is -2.68. The van der Waals surface area contributed by atoms with Crippen LogP contribution in [-0.2, 0) is 43.8 Å². The van der Waals surface area contributed by atoms with Crippen LogP contribution in [0.15, 0.2) is 33.6 Å². The van der Waals surface area contributed by atoms with Crippen LogP contribution in [0.2, 0.25) is 0 Å². The molecule has 0 saturated heterocycles. The summed E-state index contributed by atoms with van der Waals surface area (Å²) >= 11 is 3.07. The normalized spacial score (nSPS) is 16.2. The highest BCUT2D eigenvalue weighted by Crippen LogP contribution is 2.35. The molecule has 0 spiro atoms. The van der Waals surface area contributed by atoms with Gasteiger partial charge < -0.3 is 0 Å². The summed E-state index contributed by atoms with van der Waals surface area (Å²) in [4.78, 5) is -0.635. The van der Waals surface area contributed by atoms with Gasteiger partial charge in [0.15, 0.2) is 19.7 Å². The van der Waals surface area contributed by atoms with Crippen LogP contribution in [0.3, 0.4) is 0 Å². The van der Waals surface area contributed by atoms with Gasteiger partial charge in [-0.1, -0.05) is 15.9 Å². The molecule has 1 atom stereocenters. The molecular weight excluding hydrogens is 512 g/mol. The van der Waals surface area contributed by atoms with E-state index in [-0.39, 0.29) is 0 Å². The van der Waals surface area contributed by atoms with E-state index in [1.165, 1.54) is 17.6 Å². The predicted molar refractivity (Wildman–Crippen MR) is 101 cm³/mol. The van der Waals surface area contributed by atoms with Gasteiger partial charge in [-0.2, -0.15) is 8.42 Å². The molecule has 0 aliphatic heterocycles. The Balaban J connectivity index is 4.08. The predicted octanol–water partition coefficient (Wildman–Crippen LogP) is -1.27. The summed E-state index contributed by atoms with van der Waals surface area (Å²) in [5.41, 5.74) is 1.48. The van der Waals surface area contributed by atoms with Crippen LogP contribution >= 0.6 is 15.9 Å². The van der Waals surface area contributed by atoms with Crippen molar-refractivity contribution in [1.29, 1.82) is 0 Å². The van der Waals surface area contributed by atoms with Crippen LogP contribution in [-0.4, -0.2) is 62.1 Å². The van der Waals surface area contributed by atoms with E-state index in [1.54, 1.807) is 0 Å². The molecule has 27 heavy (non-hydrogen) atoms. The smallest absolute Gasteiger partial charge is 0.268 e. The van der Waals surface area contributed by atoms with E-state index >= 15 is 0 Å². The lowest BCUT2D eigenvalue weighted by Gasteiger charge is -2.35. The van der Waals surface area contributed by atoms with Crippen molar-refractivity contribution < 1.29 is 37.9 Å². The first kappa shape index (κ1) is 24.4. The van der Waals surface area contributed by atoms with E-state index in [0.717, 1.165) is 12.1 Å². The van der Waals surface area contributed by atoms with E-state index in [4.69, 9.17) is 5.84 Å². The third-order valence-corrected chi connectivity index (χ3v) is 11.0. The fourth-order valence-electron chi connectivity index (χ4n) is 2.28. The van der Waals surface area contributed by atoms with Crippen molar-refractivity contribution in [3.8, 4) is 0 Å². The number of nitrogens with one attached hydrogen (secondary N) is 1. The summed E-state index contributed by atoms with van der Waals surface area (Å²) in [7, 11) is -19.4. The van der Waals surface area contributed by atoms with Crippen LogP contribution in [0, 0.1) is 0 Å². The summed E-state index contributed by atoms with van der Waals surface area (Å²) in [5, 5.41) is -3.57. The van der Waals surface area contributed by atoms with E-state index in [2.05, 4.69) is 20.1 Å². The molecule has 156 valence electrons. The molecule has 0 aliphatic carbocycles. The molecule has 0 saturated carbocycles. The number of hydrazine groups is 1. The van der Waals surface area contributed by atoms with Gasteiger partial charge in [-0.15, -0.1) is 0 Å². The largest absolute Gasteiger partial charge is 0.287 e. The standard InChI is InChI=1S/C11H17BrN2O9S4/c1-24(15,16)10(25(2,17)18)11(14-13,23-26(3,19)20)27(21,22)9-6-4-8(12)5-7-9/h4-7,10,14H,13H2,1-3H3. The minimum absolute atomic E-state index is 0.410. The van der Waals surface area contributed by atoms with Crippen LogP contribution in [0.4, 0.5) is 0 Å². The van der Waals surface area contributed by atoms with Gasteiger partial charge in [0, 0.05) is 17.0 Å². The quantitative estimate of drug-likeness (QED) is 0.177. The first-order chi connectivity index (χ1) is 11.9. The third kappa shape index (κ3) is 5.26. The van der Waals surface area contributed by atoms with Gasteiger partial charge in [-0.05, 0) is 24.3 Å². The summed E-state index contributed by atoms with van der Waals surface area (Å²) in [6.07, 6.45) is 1.24. The molecule has 16 heteroatoms. The van der Waals surface area contributed by atoms with Crippen LogP contribution in [0.1, 0.15) is 0 Å². The second-order valence-electron chi connectivity index (χ2n) is 5.55. The molecule has 1 aromatic carbocycles. The molecule has 11 nitrogen and oxygen atoms in total. The second kappa shape index (κ2) is 7.66. The molecule has 3 N–H and O–H groups in total. The SMILES string of the molecule is CS(=O)(=O)OC(NN)(C(S(C)(=O)=O)S(C)(=O)=O)S(=O)(=O)c1ccc(Br)cc1. The van der Waals surface area contributed by atoms with Crippen molar-refractivity contribution in [2.45, 2.75) is 14.5 Å². The van der Waals surface area contributed by atoms with Crippen molar-refractivity contribution in [3.63, 3.8) is 0 Å². The van der Waals surface area contributed by atoms with Gasteiger partial charge in [0.25, 0.3) is 15.2 Å². The maximum Gasteiger partial charge on any atom is 0.287 e. The fourth-order valence-corrected chi connectivity index (χ4v) is 10.9. The van der Waals surface area contributed by atoms with E-state index in [1.807, 2.05) is 0 Å².